The highest BCUT2D eigenvalue weighted by Gasteiger charge is 2.01. The lowest BCUT2D eigenvalue weighted by Crippen LogP contribution is -1.97. The normalized spacial score (nSPS) is 12.7. The Morgan fingerprint density at radius 3 is 2.50 bits per heavy atom. The standard InChI is InChI=1S/C13H19I/c1-12(6-5-11-14)9-10-13-7-3-2-4-8-13/h2-4,7-8,12H,5-6,9-11H2,1H3. The Balaban J connectivity index is 2.20. The lowest BCUT2D eigenvalue weighted by molar-refractivity contribution is 0.490. The van der Waals surface area contributed by atoms with Gasteiger partial charge in [0, 0.05) is 0 Å². The number of rotatable bonds is 6. The summed E-state index contributed by atoms with van der Waals surface area (Å²) in [4.78, 5) is 0. The number of hydrogen-bond donors (Lipinski definition) is 0. The SMILES string of the molecule is CC(CCCI)CCc1ccccc1. The summed E-state index contributed by atoms with van der Waals surface area (Å²) in [6.45, 7) is 2.37. The van der Waals surface area contributed by atoms with E-state index in [-0.39, 0.29) is 0 Å². The Kier molecular flexibility index (Phi) is 6.24. The molecule has 0 aliphatic heterocycles. The molecule has 0 aromatic heterocycles. The van der Waals surface area contributed by atoms with Crippen molar-refractivity contribution in [2.45, 2.75) is 32.6 Å². The summed E-state index contributed by atoms with van der Waals surface area (Å²) in [7, 11) is 0. The van der Waals surface area contributed by atoms with Crippen LogP contribution < -0.4 is 0 Å². The largest absolute Gasteiger partial charge is 0.0864 e. The van der Waals surface area contributed by atoms with Crippen molar-refractivity contribution in [2.75, 3.05) is 4.43 Å². The third-order valence-corrected chi connectivity index (χ3v) is 3.36. The smallest absolute Gasteiger partial charge is 0.000463 e. The van der Waals surface area contributed by atoms with E-state index in [0.29, 0.717) is 0 Å². The first-order valence-corrected chi connectivity index (χ1v) is 6.95. The molecule has 0 saturated carbocycles. The molecule has 0 nitrogen and oxygen atoms in total. The molecule has 0 saturated heterocycles. The molecule has 1 heteroatoms. The second-order valence-electron chi connectivity index (χ2n) is 3.96. The molecular weight excluding hydrogens is 283 g/mol. The van der Waals surface area contributed by atoms with E-state index in [9.17, 15) is 0 Å². The van der Waals surface area contributed by atoms with Crippen molar-refractivity contribution in [3.8, 4) is 0 Å². The summed E-state index contributed by atoms with van der Waals surface area (Å²) in [6.07, 6.45) is 5.33. The lowest BCUT2D eigenvalue weighted by atomic mass is 9.97. The van der Waals surface area contributed by atoms with Crippen molar-refractivity contribution in [1.82, 2.24) is 0 Å². The molecule has 0 heterocycles. The van der Waals surface area contributed by atoms with Crippen LogP contribution in [0.3, 0.4) is 0 Å². The van der Waals surface area contributed by atoms with E-state index in [4.69, 9.17) is 0 Å². The molecule has 1 unspecified atom stereocenters. The molecule has 0 aliphatic rings. The fourth-order valence-electron chi connectivity index (χ4n) is 1.63. The van der Waals surface area contributed by atoms with Crippen LogP contribution in [0.15, 0.2) is 30.3 Å². The Labute approximate surface area is 101 Å². The minimum absolute atomic E-state index is 0.880. The van der Waals surface area contributed by atoms with Crippen LogP contribution in [-0.4, -0.2) is 4.43 Å². The van der Waals surface area contributed by atoms with Gasteiger partial charge in [-0.2, -0.15) is 0 Å². The first-order valence-electron chi connectivity index (χ1n) is 5.43. The molecule has 0 fully saturated rings. The van der Waals surface area contributed by atoms with E-state index in [0.717, 1.165) is 5.92 Å². The van der Waals surface area contributed by atoms with Crippen LogP contribution >= 0.6 is 22.6 Å². The summed E-state index contributed by atoms with van der Waals surface area (Å²) < 4.78 is 1.30. The third kappa shape index (κ3) is 4.99. The summed E-state index contributed by atoms with van der Waals surface area (Å²) >= 11 is 2.46. The van der Waals surface area contributed by atoms with Gasteiger partial charge >= 0.3 is 0 Å². The number of aryl methyl sites for hydroxylation is 1. The van der Waals surface area contributed by atoms with Gasteiger partial charge in [-0.1, -0.05) is 59.8 Å². The Hall–Kier alpha value is -0.0500. The minimum Gasteiger partial charge on any atom is -0.0864 e. The Morgan fingerprint density at radius 2 is 1.86 bits per heavy atom. The molecule has 1 atom stereocenters. The Morgan fingerprint density at radius 1 is 1.14 bits per heavy atom. The zero-order chi connectivity index (χ0) is 10.2. The van der Waals surface area contributed by atoms with Crippen molar-refractivity contribution < 1.29 is 0 Å². The molecule has 14 heavy (non-hydrogen) atoms. The van der Waals surface area contributed by atoms with E-state index in [2.05, 4.69) is 59.8 Å². The maximum absolute atomic E-state index is 2.46. The van der Waals surface area contributed by atoms with Crippen molar-refractivity contribution in [3.05, 3.63) is 35.9 Å². The first kappa shape index (κ1) is 12.0. The third-order valence-electron chi connectivity index (χ3n) is 2.60. The van der Waals surface area contributed by atoms with E-state index in [1.54, 1.807) is 0 Å². The van der Waals surface area contributed by atoms with Crippen LogP contribution in [0.1, 0.15) is 31.7 Å². The fraction of sp³-hybridized carbons (Fsp3) is 0.538. The molecule has 1 rings (SSSR count). The highest BCUT2D eigenvalue weighted by molar-refractivity contribution is 14.1. The number of benzene rings is 1. The summed E-state index contributed by atoms with van der Waals surface area (Å²) in [5, 5.41) is 0. The van der Waals surface area contributed by atoms with Gasteiger partial charge in [-0.05, 0) is 41.6 Å². The average Bonchev–Trinajstić information content (AvgIpc) is 2.25. The molecule has 0 aliphatic carbocycles. The van der Waals surface area contributed by atoms with Gasteiger partial charge in [-0.25, -0.2) is 0 Å². The van der Waals surface area contributed by atoms with Gasteiger partial charge in [0.1, 0.15) is 0 Å². The summed E-state index contributed by atoms with van der Waals surface area (Å²) in [6, 6.07) is 10.8. The lowest BCUT2D eigenvalue weighted by Gasteiger charge is -2.09. The van der Waals surface area contributed by atoms with Crippen LogP contribution in [0.25, 0.3) is 0 Å². The number of hydrogen-bond acceptors (Lipinski definition) is 0. The van der Waals surface area contributed by atoms with Crippen LogP contribution in [0.4, 0.5) is 0 Å². The van der Waals surface area contributed by atoms with E-state index >= 15 is 0 Å². The molecule has 0 N–H and O–H groups in total. The maximum Gasteiger partial charge on any atom is -0.000463 e. The summed E-state index contributed by atoms with van der Waals surface area (Å²) in [5.74, 6) is 0.880. The van der Waals surface area contributed by atoms with Crippen LogP contribution in [0.2, 0.25) is 0 Å². The Bertz CT molecular complexity index is 230. The molecular formula is C13H19I. The molecule has 0 spiro atoms. The molecule has 0 radical (unpaired) electrons. The molecule has 1 aromatic rings. The van der Waals surface area contributed by atoms with E-state index in [1.165, 1.54) is 35.7 Å². The molecule has 78 valence electrons. The van der Waals surface area contributed by atoms with Gasteiger partial charge in [0.25, 0.3) is 0 Å². The van der Waals surface area contributed by atoms with Crippen molar-refractivity contribution in [3.63, 3.8) is 0 Å². The van der Waals surface area contributed by atoms with E-state index in [1.807, 2.05) is 0 Å². The second kappa shape index (κ2) is 7.27. The number of halogens is 1. The second-order valence-corrected chi connectivity index (χ2v) is 5.04. The molecule has 1 aromatic carbocycles. The number of alkyl halides is 1. The van der Waals surface area contributed by atoms with Crippen LogP contribution in [0.5, 0.6) is 0 Å². The van der Waals surface area contributed by atoms with Crippen molar-refractivity contribution in [1.29, 1.82) is 0 Å². The topological polar surface area (TPSA) is 0 Å². The van der Waals surface area contributed by atoms with Gasteiger partial charge < -0.3 is 0 Å². The molecule has 0 amide bonds. The highest BCUT2D eigenvalue weighted by atomic mass is 127. The van der Waals surface area contributed by atoms with Crippen molar-refractivity contribution in [2.24, 2.45) is 5.92 Å². The van der Waals surface area contributed by atoms with Gasteiger partial charge in [-0.15, -0.1) is 0 Å². The monoisotopic (exact) mass is 302 g/mol. The zero-order valence-electron chi connectivity index (χ0n) is 8.88. The predicted molar refractivity (Wildman–Crippen MR) is 72.0 cm³/mol. The van der Waals surface area contributed by atoms with Crippen LogP contribution in [0, 0.1) is 5.92 Å². The highest BCUT2D eigenvalue weighted by Crippen LogP contribution is 2.14. The van der Waals surface area contributed by atoms with Gasteiger partial charge in [-0.3, -0.25) is 0 Å². The quantitative estimate of drug-likeness (QED) is 0.537. The predicted octanol–water partition coefficient (Wildman–Crippen LogP) is 4.47. The first-order chi connectivity index (χ1) is 6.83. The zero-order valence-corrected chi connectivity index (χ0v) is 11.0. The van der Waals surface area contributed by atoms with Gasteiger partial charge in [0.2, 0.25) is 0 Å². The fourth-order valence-corrected chi connectivity index (χ4v) is 2.07. The van der Waals surface area contributed by atoms with Crippen molar-refractivity contribution >= 4 is 22.6 Å². The minimum atomic E-state index is 0.880. The average molecular weight is 302 g/mol. The van der Waals surface area contributed by atoms with Gasteiger partial charge in [0.05, 0.1) is 0 Å². The van der Waals surface area contributed by atoms with Gasteiger partial charge in [0.15, 0.2) is 0 Å². The van der Waals surface area contributed by atoms with Crippen LogP contribution in [-0.2, 0) is 6.42 Å². The maximum atomic E-state index is 2.46. The van der Waals surface area contributed by atoms with E-state index < -0.39 is 0 Å². The molecule has 0 bridgehead atoms. The summed E-state index contributed by atoms with van der Waals surface area (Å²) in [5.41, 5.74) is 1.48.